The summed E-state index contributed by atoms with van der Waals surface area (Å²) in [6.45, 7) is 2.38. The molecule has 0 saturated carbocycles. The van der Waals surface area contributed by atoms with Crippen LogP contribution < -0.4 is 4.74 Å². The average molecular weight is 404 g/mol. The molecule has 1 amide bonds. The summed E-state index contributed by atoms with van der Waals surface area (Å²) in [6.07, 6.45) is 1.68. The van der Waals surface area contributed by atoms with E-state index in [1.165, 1.54) is 11.8 Å². The third-order valence-corrected chi connectivity index (χ3v) is 5.87. The summed E-state index contributed by atoms with van der Waals surface area (Å²) >= 11 is 1.44. The van der Waals surface area contributed by atoms with Crippen molar-refractivity contribution in [1.29, 1.82) is 0 Å². The summed E-state index contributed by atoms with van der Waals surface area (Å²) in [6, 6.07) is 21.9. The lowest BCUT2D eigenvalue weighted by Gasteiger charge is -2.17. The molecule has 1 atom stereocenters. The van der Waals surface area contributed by atoms with E-state index in [1.807, 2.05) is 49.4 Å². The maximum Gasteiger partial charge on any atom is 0.242 e. The van der Waals surface area contributed by atoms with E-state index in [-0.39, 0.29) is 11.2 Å². The Kier molecular flexibility index (Phi) is 5.62. The molecule has 29 heavy (non-hydrogen) atoms. The van der Waals surface area contributed by atoms with Gasteiger partial charge in [0.15, 0.2) is 5.17 Å². The third-order valence-electron chi connectivity index (χ3n) is 4.80. The quantitative estimate of drug-likeness (QED) is 0.458. The molecule has 5 nitrogen and oxygen atoms in total. The van der Waals surface area contributed by atoms with Crippen LogP contribution in [0.2, 0.25) is 0 Å². The standard InChI is InChI=1S/C23H21N3O2S/c1-16-22(27)26(15-19-8-5-7-18-6-3-4-9-21(18)19)23(29-16)25-24-14-17-10-12-20(28-2)13-11-17/h3-14,16H,15H2,1-2H3/b24-14+,25-23+. The van der Waals surface area contributed by atoms with Gasteiger partial charge in [0.25, 0.3) is 0 Å². The van der Waals surface area contributed by atoms with Crippen molar-refractivity contribution in [3.05, 3.63) is 77.9 Å². The zero-order valence-corrected chi connectivity index (χ0v) is 17.1. The van der Waals surface area contributed by atoms with Crippen molar-refractivity contribution in [2.24, 2.45) is 10.2 Å². The Balaban J connectivity index is 1.58. The first kappa shape index (κ1) is 19.2. The first-order valence-corrected chi connectivity index (χ1v) is 10.2. The van der Waals surface area contributed by atoms with Crippen molar-refractivity contribution < 1.29 is 9.53 Å². The average Bonchev–Trinajstić information content (AvgIpc) is 3.02. The predicted molar refractivity (Wildman–Crippen MR) is 120 cm³/mol. The van der Waals surface area contributed by atoms with Gasteiger partial charge in [-0.1, -0.05) is 54.2 Å². The van der Waals surface area contributed by atoms with Gasteiger partial charge in [-0.2, -0.15) is 5.10 Å². The van der Waals surface area contributed by atoms with Crippen molar-refractivity contribution in [3.8, 4) is 5.75 Å². The fourth-order valence-corrected chi connectivity index (χ4v) is 4.16. The van der Waals surface area contributed by atoms with Crippen molar-refractivity contribution in [1.82, 2.24) is 4.90 Å². The lowest BCUT2D eigenvalue weighted by molar-refractivity contribution is -0.126. The molecule has 0 aliphatic carbocycles. The summed E-state index contributed by atoms with van der Waals surface area (Å²) in [4.78, 5) is 14.4. The molecule has 6 heteroatoms. The highest BCUT2D eigenvalue weighted by atomic mass is 32.2. The highest BCUT2D eigenvalue weighted by Crippen LogP contribution is 2.30. The SMILES string of the molecule is COc1ccc(/C=N/N=C2/SC(C)C(=O)N2Cc2cccc3ccccc23)cc1. The Bertz CT molecular complexity index is 1090. The molecule has 3 aromatic rings. The minimum atomic E-state index is -0.167. The van der Waals surface area contributed by atoms with Gasteiger partial charge in [0.2, 0.25) is 5.91 Å². The van der Waals surface area contributed by atoms with Gasteiger partial charge in [0.05, 0.1) is 25.1 Å². The van der Waals surface area contributed by atoms with E-state index in [0.717, 1.165) is 27.6 Å². The minimum Gasteiger partial charge on any atom is -0.497 e. The van der Waals surface area contributed by atoms with E-state index >= 15 is 0 Å². The Morgan fingerprint density at radius 2 is 1.83 bits per heavy atom. The van der Waals surface area contributed by atoms with Crippen LogP contribution in [0.3, 0.4) is 0 Å². The summed E-state index contributed by atoms with van der Waals surface area (Å²) in [7, 11) is 1.63. The largest absolute Gasteiger partial charge is 0.497 e. The van der Waals surface area contributed by atoms with E-state index < -0.39 is 0 Å². The summed E-state index contributed by atoms with van der Waals surface area (Å²) in [5.41, 5.74) is 2.01. The molecule has 1 aliphatic heterocycles. The van der Waals surface area contributed by atoms with Gasteiger partial charge in [0.1, 0.15) is 5.75 Å². The van der Waals surface area contributed by atoms with Crippen LogP contribution in [0, 0.1) is 0 Å². The molecule has 1 saturated heterocycles. The van der Waals surface area contributed by atoms with Gasteiger partial charge >= 0.3 is 0 Å². The number of carbonyl (C=O) groups is 1. The van der Waals surface area contributed by atoms with Crippen molar-refractivity contribution in [2.45, 2.75) is 18.7 Å². The van der Waals surface area contributed by atoms with E-state index in [1.54, 1.807) is 18.2 Å². The molecule has 1 unspecified atom stereocenters. The zero-order valence-electron chi connectivity index (χ0n) is 16.3. The number of thioether (sulfide) groups is 1. The second kappa shape index (κ2) is 8.49. The van der Waals surface area contributed by atoms with Gasteiger partial charge < -0.3 is 4.74 Å². The number of benzene rings is 3. The van der Waals surface area contributed by atoms with Gasteiger partial charge in [-0.25, -0.2) is 0 Å². The van der Waals surface area contributed by atoms with Gasteiger partial charge in [0, 0.05) is 0 Å². The van der Waals surface area contributed by atoms with Crippen LogP contribution in [0.4, 0.5) is 0 Å². The minimum absolute atomic E-state index is 0.0568. The van der Waals surface area contributed by atoms with E-state index in [2.05, 4.69) is 34.5 Å². The normalized spacial score (nSPS) is 18.3. The zero-order chi connectivity index (χ0) is 20.2. The molecule has 3 aromatic carbocycles. The summed E-state index contributed by atoms with van der Waals surface area (Å²) < 4.78 is 5.16. The first-order chi connectivity index (χ1) is 14.2. The van der Waals surface area contributed by atoms with Crippen LogP contribution in [-0.4, -0.2) is 34.5 Å². The number of hydrogen-bond acceptors (Lipinski definition) is 5. The summed E-state index contributed by atoms with van der Waals surface area (Å²) in [5.74, 6) is 0.849. The number of amides is 1. The van der Waals surface area contributed by atoms with Crippen LogP contribution in [-0.2, 0) is 11.3 Å². The molecular weight excluding hydrogens is 382 g/mol. The van der Waals surface area contributed by atoms with Crippen LogP contribution in [0.15, 0.2) is 76.9 Å². The maximum atomic E-state index is 12.7. The Morgan fingerprint density at radius 1 is 1.07 bits per heavy atom. The van der Waals surface area contributed by atoms with Gasteiger partial charge in [-0.05, 0) is 53.1 Å². The highest BCUT2D eigenvalue weighted by Gasteiger charge is 2.35. The molecular formula is C23H21N3O2S. The Hall–Kier alpha value is -3.12. The van der Waals surface area contributed by atoms with Crippen molar-refractivity contribution in [3.63, 3.8) is 0 Å². The van der Waals surface area contributed by atoms with Crippen LogP contribution in [0.25, 0.3) is 10.8 Å². The number of amidine groups is 1. The highest BCUT2D eigenvalue weighted by molar-refractivity contribution is 8.15. The number of carbonyl (C=O) groups excluding carboxylic acids is 1. The number of methoxy groups -OCH3 is 1. The van der Waals surface area contributed by atoms with E-state index in [9.17, 15) is 4.79 Å². The van der Waals surface area contributed by atoms with Crippen molar-refractivity contribution in [2.75, 3.05) is 7.11 Å². The Labute approximate surface area is 174 Å². The molecule has 4 rings (SSSR count). The van der Waals surface area contributed by atoms with Gasteiger partial charge in [-0.3, -0.25) is 9.69 Å². The Morgan fingerprint density at radius 3 is 2.62 bits per heavy atom. The third kappa shape index (κ3) is 4.17. The molecule has 1 aliphatic rings. The molecule has 0 bridgehead atoms. The monoisotopic (exact) mass is 403 g/mol. The number of hydrogen-bond donors (Lipinski definition) is 0. The maximum absolute atomic E-state index is 12.7. The molecule has 0 spiro atoms. The first-order valence-electron chi connectivity index (χ1n) is 9.35. The molecule has 1 fully saturated rings. The van der Waals surface area contributed by atoms with Crippen LogP contribution >= 0.6 is 11.8 Å². The van der Waals surface area contributed by atoms with Crippen LogP contribution in [0.5, 0.6) is 5.75 Å². The van der Waals surface area contributed by atoms with E-state index in [0.29, 0.717) is 11.7 Å². The number of nitrogens with zero attached hydrogens (tertiary/aromatic N) is 3. The molecule has 1 heterocycles. The molecule has 0 radical (unpaired) electrons. The summed E-state index contributed by atoms with van der Waals surface area (Å²) in [5, 5.41) is 11.3. The topological polar surface area (TPSA) is 54.3 Å². The number of rotatable bonds is 5. The molecule has 0 aromatic heterocycles. The van der Waals surface area contributed by atoms with Crippen molar-refractivity contribution >= 4 is 39.8 Å². The smallest absolute Gasteiger partial charge is 0.242 e. The lowest BCUT2D eigenvalue weighted by atomic mass is 10.0. The molecule has 146 valence electrons. The van der Waals surface area contributed by atoms with Gasteiger partial charge in [-0.15, -0.1) is 5.10 Å². The molecule has 0 N–H and O–H groups in total. The number of fused-ring (bicyclic) bond motifs is 1. The van der Waals surface area contributed by atoms with E-state index in [4.69, 9.17) is 4.74 Å². The van der Waals surface area contributed by atoms with Crippen LogP contribution in [0.1, 0.15) is 18.1 Å². The fourth-order valence-electron chi connectivity index (χ4n) is 3.24. The predicted octanol–water partition coefficient (Wildman–Crippen LogP) is 4.70. The fraction of sp³-hybridized carbons (Fsp3) is 0.174. The second-order valence-electron chi connectivity index (χ2n) is 6.72. The second-order valence-corrected chi connectivity index (χ2v) is 8.03. The lowest BCUT2D eigenvalue weighted by Crippen LogP contribution is -2.30. The number of ether oxygens (including phenoxy) is 1.